The highest BCUT2D eigenvalue weighted by Crippen LogP contribution is 2.20. The molecule has 1 aromatic carbocycles. The van der Waals surface area contributed by atoms with Crippen LogP contribution in [-0.4, -0.2) is 34.5 Å². The molecule has 0 bridgehead atoms. The van der Waals surface area contributed by atoms with E-state index in [1.165, 1.54) is 4.90 Å². The molecule has 1 saturated heterocycles. The topological polar surface area (TPSA) is 71.5 Å². The van der Waals surface area contributed by atoms with E-state index in [2.05, 4.69) is 26.2 Å². The zero-order chi connectivity index (χ0) is 17.6. The quantitative estimate of drug-likeness (QED) is 0.846. The highest BCUT2D eigenvalue weighted by molar-refractivity contribution is 9.10. The molecule has 1 aliphatic rings. The Labute approximate surface area is 154 Å². The summed E-state index contributed by atoms with van der Waals surface area (Å²) in [5, 5.41) is 2.75. The number of nitrogens with zero attached hydrogens (tertiary/aromatic N) is 2. The average molecular weight is 404 g/mol. The Balaban J connectivity index is 1.58. The van der Waals surface area contributed by atoms with Crippen LogP contribution in [0, 0.1) is 0 Å². The summed E-state index contributed by atoms with van der Waals surface area (Å²) in [7, 11) is 0. The van der Waals surface area contributed by atoms with Gasteiger partial charge < -0.3 is 10.1 Å². The van der Waals surface area contributed by atoms with Gasteiger partial charge in [0.25, 0.3) is 0 Å². The van der Waals surface area contributed by atoms with Crippen LogP contribution in [0.4, 0.5) is 10.6 Å². The molecule has 1 aliphatic heterocycles. The Morgan fingerprint density at radius 3 is 2.76 bits per heavy atom. The van der Waals surface area contributed by atoms with Crippen molar-refractivity contribution in [3.8, 4) is 0 Å². The molecule has 7 heteroatoms. The van der Waals surface area contributed by atoms with Gasteiger partial charge in [-0.25, -0.2) is 9.78 Å². The van der Waals surface area contributed by atoms with Crippen molar-refractivity contribution in [2.75, 3.05) is 11.9 Å². The van der Waals surface area contributed by atoms with Gasteiger partial charge >= 0.3 is 6.09 Å². The van der Waals surface area contributed by atoms with E-state index in [9.17, 15) is 9.59 Å². The second kappa shape index (κ2) is 8.11. The van der Waals surface area contributed by atoms with Gasteiger partial charge in [-0.3, -0.25) is 9.69 Å². The van der Waals surface area contributed by atoms with Crippen molar-refractivity contribution < 1.29 is 14.3 Å². The van der Waals surface area contributed by atoms with Gasteiger partial charge in [-0.15, -0.1) is 0 Å². The number of hydrogen-bond acceptors (Lipinski definition) is 4. The number of nitrogens with one attached hydrogen (secondary N) is 1. The first-order valence-electron chi connectivity index (χ1n) is 8.03. The van der Waals surface area contributed by atoms with Gasteiger partial charge in [0, 0.05) is 17.2 Å². The summed E-state index contributed by atoms with van der Waals surface area (Å²) in [5.74, 6) is 0.210. The smallest absolute Gasteiger partial charge is 0.410 e. The molecular weight excluding hydrogens is 386 g/mol. The van der Waals surface area contributed by atoms with Gasteiger partial charge in [0.15, 0.2) is 0 Å². The highest BCUT2D eigenvalue weighted by Gasteiger charge is 2.35. The van der Waals surface area contributed by atoms with Crippen LogP contribution in [-0.2, 0) is 16.1 Å². The van der Waals surface area contributed by atoms with Gasteiger partial charge in [-0.05, 0) is 46.5 Å². The molecule has 0 spiro atoms. The standard InChI is InChI=1S/C18H18BrN3O3/c19-14-8-9-16(20-11-14)21-17(23)15-7-4-10-22(15)18(24)25-12-13-5-2-1-3-6-13/h1-3,5-6,8-9,11,15H,4,7,10,12H2,(H,20,21,23)/t15-/m0/s1. The number of hydrogen-bond donors (Lipinski definition) is 1. The third kappa shape index (κ3) is 4.57. The fourth-order valence-electron chi connectivity index (χ4n) is 2.72. The second-order valence-corrected chi connectivity index (χ2v) is 6.66. The van der Waals surface area contributed by atoms with Crippen molar-refractivity contribution in [2.24, 2.45) is 0 Å². The predicted molar refractivity (Wildman–Crippen MR) is 96.9 cm³/mol. The van der Waals surface area contributed by atoms with Crippen LogP contribution in [0.3, 0.4) is 0 Å². The fraction of sp³-hybridized carbons (Fsp3) is 0.278. The maximum atomic E-state index is 12.5. The Morgan fingerprint density at radius 1 is 1.24 bits per heavy atom. The number of amides is 2. The molecule has 3 rings (SSSR count). The van der Waals surface area contributed by atoms with Gasteiger partial charge in [-0.1, -0.05) is 30.3 Å². The van der Waals surface area contributed by atoms with Crippen LogP contribution in [0.5, 0.6) is 0 Å². The molecule has 0 saturated carbocycles. The normalized spacial score (nSPS) is 16.5. The molecule has 1 fully saturated rings. The zero-order valence-electron chi connectivity index (χ0n) is 13.5. The number of pyridine rings is 1. The first-order valence-corrected chi connectivity index (χ1v) is 8.82. The molecule has 6 nitrogen and oxygen atoms in total. The molecule has 2 aromatic rings. The Hall–Kier alpha value is -2.41. The van der Waals surface area contributed by atoms with Crippen molar-refractivity contribution in [3.63, 3.8) is 0 Å². The Bertz CT molecular complexity index is 737. The van der Waals surface area contributed by atoms with Crippen molar-refractivity contribution in [2.45, 2.75) is 25.5 Å². The molecule has 25 heavy (non-hydrogen) atoms. The first-order chi connectivity index (χ1) is 12.1. The van der Waals surface area contributed by atoms with Crippen LogP contribution >= 0.6 is 15.9 Å². The second-order valence-electron chi connectivity index (χ2n) is 5.74. The highest BCUT2D eigenvalue weighted by atomic mass is 79.9. The summed E-state index contributed by atoms with van der Waals surface area (Å²) in [4.78, 5) is 30.4. The fourth-order valence-corrected chi connectivity index (χ4v) is 2.95. The summed E-state index contributed by atoms with van der Waals surface area (Å²) in [5.41, 5.74) is 0.912. The summed E-state index contributed by atoms with van der Waals surface area (Å²) in [6.07, 6.45) is 2.52. The molecule has 130 valence electrons. The van der Waals surface area contributed by atoms with Gasteiger partial charge in [0.1, 0.15) is 18.5 Å². The largest absolute Gasteiger partial charge is 0.445 e. The molecular formula is C18H18BrN3O3. The van der Waals surface area contributed by atoms with Gasteiger partial charge in [-0.2, -0.15) is 0 Å². The summed E-state index contributed by atoms with van der Waals surface area (Å²) in [6, 6.07) is 12.4. The number of ether oxygens (including phenoxy) is 1. The number of rotatable bonds is 4. The third-order valence-corrected chi connectivity index (χ3v) is 4.44. The summed E-state index contributed by atoms with van der Waals surface area (Å²) >= 11 is 3.30. The predicted octanol–water partition coefficient (Wildman–Crippen LogP) is 3.58. The molecule has 2 amide bonds. The van der Waals surface area contributed by atoms with Crippen molar-refractivity contribution in [3.05, 3.63) is 58.7 Å². The third-order valence-electron chi connectivity index (χ3n) is 3.97. The molecule has 0 aliphatic carbocycles. The molecule has 0 radical (unpaired) electrons. The number of carbonyl (C=O) groups excluding carboxylic acids is 2. The van der Waals surface area contributed by atoms with Crippen LogP contribution in [0.15, 0.2) is 53.1 Å². The van der Waals surface area contributed by atoms with E-state index in [0.29, 0.717) is 18.8 Å². The molecule has 2 heterocycles. The Morgan fingerprint density at radius 2 is 2.04 bits per heavy atom. The maximum Gasteiger partial charge on any atom is 0.410 e. The molecule has 0 unspecified atom stereocenters. The van der Waals surface area contributed by atoms with E-state index in [1.54, 1.807) is 18.3 Å². The number of benzene rings is 1. The van der Waals surface area contributed by atoms with Gasteiger partial charge in [0.2, 0.25) is 5.91 Å². The minimum atomic E-state index is -0.534. The first kappa shape index (κ1) is 17.4. The van der Waals surface area contributed by atoms with Crippen LogP contribution in [0.25, 0.3) is 0 Å². The molecule has 1 N–H and O–H groups in total. The van der Waals surface area contributed by atoms with E-state index < -0.39 is 12.1 Å². The van der Waals surface area contributed by atoms with Crippen LogP contribution in [0.1, 0.15) is 18.4 Å². The summed E-state index contributed by atoms with van der Waals surface area (Å²) < 4.78 is 6.17. The van der Waals surface area contributed by atoms with Crippen molar-refractivity contribution >= 4 is 33.7 Å². The minimum Gasteiger partial charge on any atom is -0.445 e. The number of anilines is 1. The van der Waals surface area contributed by atoms with Crippen LogP contribution in [0.2, 0.25) is 0 Å². The van der Waals surface area contributed by atoms with E-state index in [0.717, 1.165) is 16.5 Å². The number of carbonyl (C=O) groups is 2. The van der Waals surface area contributed by atoms with Crippen molar-refractivity contribution in [1.29, 1.82) is 0 Å². The van der Waals surface area contributed by atoms with E-state index in [4.69, 9.17) is 4.74 Å². The summed E-state index contributed by atoms with van der Waals surface area (Å²) in [6.45, 7) is 0.707. The lowest BCUT2D eigenvalue weighted by Crippen LogP contribution is -2.43. The molecule has 1 atom stereocenters. The minimum absolute atomic E-state index is 0.193. The lowest BCUT2D eigenvalue weighted by atomic mass is 10.2. The molecule has 1 aromatic heterocycles. The van der Waals surface area contributed by atoms with E-state index in [1.807, 2.05) is 30.3 Å². The lowest BCUT2D eigenvalue weighted by molar-refractivity contribution is -0.120. The number of likely N-dealkylation sites (tertiary alicyclic amines) is 1. The van der Waals surface area contributed by atoms with E-state index >= 15 is 0 Å². The zero-order valence-corrected chi connectivity index (χ0v) is 15.1. The van der Waals surface area contributed by atoms with Crippen molar-refractivity contribution in [1.82, 2.24) is 9.88 Å². The van der Waals surface area contributed by atoms with E-state index in [-0.39, 0.29) is 12.5 Å². The SMILES string of the molecule is O=C(Nc1ccc(Br)cn1)[C@@H]1CCCN1C(=O)OCc1ccccc1. The number of aromatic nitrogens is 1. The van der Waals surface area contributed by atoms with Gasteiger partial charge in [0.05, 0.1) is 0 Å². The van der Waals surface area contributed by atoms with Crippen LogP contribution < -0.4 is 5.32 Å². The maximum absolute atomic E-state index is 12.5. The lowest BCUT2D eigenvalue weighted by Gasteiger charge is -2.23. The Kier molecular flexibility index (Phi) is 5.65. The monoisotopic (exact) mass is 403 g/mol. The number of halogens is 1. The average Bonchev–Trinajstić information content (AvgIpc) is 3.12.